The summed E-state index contributed by atoms with van der Waals surface area (Å²) in [6, 6.07) is 0. The standard InChI is InChI=1S/C6H10N2O/c1-5-3-7-8-6(5,2)4-9/h3,9H,4H2,1-2H3. The van der Waals surface area contributed by atoms with Crippen molar-refractivity contribution < 1.29 is 5.11 Å². The Morgan fingerprint density at radius 2 is 2.44 bits per heavy atom. The molecule has 1 unspecified atom stereocenters. The number of aliphatic hydroxyl groups is 1. The Balaban J connectivity index is 2.82. The Hall–Kier alpha value is -0.700. The maximum absolute atomic E-state index is 8.80. The average Bonchev–Trinajstić information content (AvgIpc) is 2.15. The molecule has 9 heavy (non-hydrogen) atoms. The fourth-order valence-corrected chi connectivity index (χ4v) is 0.617. The first-order chi connectivity index (χ1) is 4.19. The van der Waals surface area contributed by atoms with Gasteiger partial charge in [0, 0.05) is 0 Å². The summed E-state index contributed by atoms with van der Waals surface area (Å²) in [6.07, 6.45) is 1.68. The molecule has 0 spiro atoms. The third kappa shape index (κ3) is 0.876. The first-order valence-electron chi connectivity index (χ1n) is 2.89. The van der Waals surface area contributed by atoms with Crippen LogP contribution in [0.4, 0.5) is 0 Å². The maximum atomic E-state index is 8.80. The lowest BCUT2D eigenvalue weighted by atomic mass is 9.97. The monoisotopic (exact) mass is 126 g/mol. The van der Waals surface area contributed by atoms with Gasteiger partial charge in [-0.3, -0.25) is 0 Å². The zero-order valence-corrected chi connectivity index (χ0v) is 5.63. The van der Waals surface area contributed by atoms with Crippen molar-refractivity contribution in [2.24, 2.45) is 10.2 Å². The first kappa shape index (κ1) is 6.42. The van der Waals surface area contributed by atoms with Crippen molar-refractivity contribution in [2.75, 3.05) is 6.61 Å². The van der Waals surface area contributed by atoms with Crippen LogP contribution in [0.1, 0.15) is 13.8 Å². The minimum absolute atomic E-state index is 0.0405. The highest BCUT2D eigenvalue weighted by molar-refractivity contribution is 5.19. The van der Waals surface area contributed by atoms with Crippen molar-refractivity contribution in [3.05, 3.63) is 11.8 Å². The molecule has 0 fully saturated rings. The summed E-state index contributed by atoms with van der Waals surface area (Å²) in [5, 5.41) is 16.3. The second kappa shape index (κ2) is 1.92. The van der Waals surface area contributed by atoms with E-state index in [0.717, 1.165) is 5.57 Å². The summed E-state index contributed by atoms with van der Waals surface area (Å²) in [5.41, 5.74) is 0.588. The largest absolute Gasteiger partial charge is 0.393 e. The van der Waals surface area contributed by atoms with Gasteiger partial charge in [-0.25, -0.2) is 0 Å². The molecule has 1 aliphatic heterocycles. The molecule has 0 saturated carbocycles. The molecule has 50 valence electrons. The molecule has 0 aromatic heterocycles. The van der Waals surface area contributed by atoms with Crippen LogP contribution in [-0.4, -0.2) is 17.3 Å². The molecular formula is C6H10N2O. The number of hydrogen-bond acceptors (Lipinski definition) is 3. The first-order valence-corrected chi connectivity index (χ1v) is 2.89. The van der Waals surface area contributed by atoms with Crippen molar-refractivity contribution in [3.63, 3.8) is 0 Å². The summed E-state index contributed by atoms with van der Waals surface area (Å²) in [5.74, 6) is 0. The summed E-state index contributed by atoms with van der Waals surface area (Å²) in [7, 11) is 0. The van der Waals surface area contributed by atoms with E-state index in [1.54, 1.807) is 6.20 Å². The van der Waals surface area contributed by atoms with E-state index in [0.29, 0.717) is 0 Å². The molecular weight excluding hydrogens is 116 g/mol. The van der Waals surface area contributed by atoms with Gasteiger partial charge in [-0.2, -0.15) is 10.2 Å². The molecule has 1 aliphatic rings. The summed E-state index contributed by atoms with van der Waals surface area (Å²) in [6.45, 7) is 3.81. The third-order valence-corrected chi connectivity index (χ3v) is 1.69. The van der Waals surface area contributed by atoms with Crippen LogP contribution in [0.25, 0.3) is 0 Å². The number of hydrogen-bond donors (Lipinski definition) is 1. The number of nitrogens with zero attached hydrogens (tertiary/aromatic N) is 2. The van der Waals surface area contributed by atoms with E-state index in [9.17, 15) is 0 Å². The number of rotatable bonds is 1. The molecule has 0 amide bonds. The van der Waals surface area contributed by atoms with E-state index in [1.807, 2.05) is 13.8 Å². The van der Waals surface area contributed by atoms with Crippen LogP contribution in [-0.2, 0) is 0 Å². The normalized spacial score (nSPS) is 33.0. The van der Waals surface area contributed by atoms with Crippen LogP contribution in [0.2, 0.25) is 0 Å². The maximum Gasteiger partial charge on any atom is 0.125 e. The highest BCUT2D eigenvalue weighted by Crippen LogP contribution is 2.25. The molecule has 1 atom stereocenters. The minimum atomic E-state index is -0.431. The van der Waals surface area contributed by atoms with E-state index in [1.165, 1.54) is 0 Å². The molecule has 0 bridgehead atoms. The highest BCUT2D eigenvalue weighted by Gasteiger charge is 2.27. The van der Waals surface area contributed by atoms with Crippen LogP contribution < -0.4 is 0 Å². The summed E-state index contributed by atoms with van der Waals surface area (Å²) < 4.78 is 0. The molecule has 0 aliphatic carbocycles. The zero-order chi connectivity index (χ0) is 6.91. The highest BCUT2D eigenvalue weighted by atomic mass is 16.3. The molecule has 0 radical (unpaired) electrons. The van der Waals surface area contributed by atoms with E-state index >= 15 is 0 Å². The SMILES string of the molecule is CC1=CN=NC1(C)CO. The predicted molar refractivity (Wildman–Crippen MR) is 34.1 cm³/mol. The Morgan fingerprint density at radius 1 is 1.78 bits per heavy atom. The second-order valence-electron chi connectivity index (χ2n) is 2.46. The van der Waals surface area contributed by atoms with Crippen LogP contribution >= 0.6 is 0 Å². The minimum Gasteiger partial charge on any atom is -0.393 e. The lowest BCUT2D eigenvalue weighted by molar-refractivity contribution is 0.232. The van der Waals surface area contributed by atoms with E-state index in [4.69, 9.17) is 5.11 Å². The van der Waals surface area contributed by atoms with Crippen LogP contribution in [0, 0.1) is 0 Å². The van der Waals surface area contributed by atoms with Gasteiger partial charge in [0.1, 0.15) is 5.54 Å². The molecule has 1 N–H and O–H groups in total. The number of azo groups is 1. The van der Waals surface area contributed by atoms with Crippen molar-refractivity contribution in [2.45, 2.75) is 19.4 Å². The van der Waals surface area contributed by atoms with Crippen LogP contribution in [0.5, 0.6) is 0 Å². The molecule has 3 nitrogen and oxygen atoms in total. The van der Waals surface area contributed by atoms with Gasteiger partial charge < -0.3 is 5.11 Å². The topological polar surface area (TPSA) is 45.0 Å². The van der Waals surface area contributed by atoms with Crippen molar-refractivity contribution in [3.8, 4) is 0 Å². The lowest BCUT2D eigenvalue weighted by Gasteiger charge is -2.16. The Morgan fingerprint density at radius 3 is 2.67 bits per heavy atom. The predicted octanol–water partition coefficient (Wildman–Crippen LogP) is 1.11. The van der Waals surface area contributed by atoms with Gasteiger partial charge in [0.05, 0.1) is 12.8 Å². The van der Waals surface area contributed by atoms with Gasteiger partial charge in [0.15, 0.2) is 0 Å². The van der Waals surface area contributed by atoms with Crippen LogP contribution in [0.15, 0.2) is 22.0 Å². The Bertz CT molecular complexity index is 174. The van der Waals surface area contributed by atoms with Crippen molar-refractivity contribution >= 4 is 0 Å². The fourth-order valence-electron chi connectivity index (χ4n) is 0.617. The van der Waals surface area contributed by atoms with Gasteiger partial charge in [0.2, 0.25) is 0 Å². The fraction of sp³-hybridized carbons (Fsp3) is 0.667. The summed E-state index contributed by atoms with van der Waals surface area (Å²) >= 11 is 0. The van der Waals surface area contributed by atoms with Gasteiger partial charge in [-0.05, 0) is 19.4 Å². The summed E-state index contributed by atoms with van der Waals surface area (Å²) in [4.78, 5) is 0. The van der Waals surface area contributed by atoms with Gasteiger partial charge in [-0.1, -0.05) is 0 Å². The molecule has 0 aromatic rings. The molecule has 0 aromatic carbocycles. The molecule has 0 saturated heterocycles. The quantitative estimate of drug-likeness (QED) is 0.562. The van der Waals surface area contributed by atoms with Crippen LogP contribution in [0.3, 0.4) is 0 Å². The Kier molecular flexibility index (Phi) is 1.37. The average molecular weight is 126 g/mol. The lowest BCUT2D eigenvalue weighted by Crippen LogP contribution is -2.25. The smallest absolute Gasteiger partial charge is 0.125 e. The number of aliphatic hydroxyl groups excluding tert-OH is 1. The van der Waals surface area contributed by atoms with Crippen molar-refractivity contribution in [1.82, 2.24) is 0 Å². The Labute approximate surface area is 54.1 Å². The van der Waals surface area contributed by atoms with Gasteiger partial charge >= 0.3 is 0 Å². The van der Waals surface area contributed by atoms with E-state index < -0.39 is 5.54 Å². The van der Waals surface area contributed by atoms with Gasteiger partial charge in [-0.15, -0.1) is 0 Å². The molecule has 1 heterocycles. The van der Waals surface area contributed by atoms with E-state index in [-0.39, 0.29) is 6.61 Å². The van der Waals surface area contributed by atoms with Crippen molar-refractivity contribution in [1.29, 1.82) is 0 Å². The third-order valence-electron chi connectivity index (χ3n) is 1.69. The zero-order valence-electron chi connectivity index (χ0n) is 5.63. The molecule has 1 rings (SSSR count). The second-order valence-corrected chi connectivity index (χ2v) is 2.46. The van der Waals surface area contributed by atoms with Gasteiger partial charge in [0.25, 0.3) is 0 Å². The van der Waals surface area contributed by atoms with E-state index in [2.05, 4.69) is 10.2 Å². The molecule has 3 heteroatoms.